The Bertz CT molecular complexity index is 1550. The summed E-state index contributed by atoms with van der Waals surface area (Å²) in [6.45, 7) is 6.75. The molecule has 0 spiro atoms. The number of rotatable bonds is 16. The number of hydrogen-bond donors (Lipinski definition) is 6. The second kappa shape index (κ2) is 18.4. The Morgan fingerprint density at radius 3 is 2.20 bits per heavy atom. The highest BCUT2D eigenvalue weighted by Gasteiger charge is 2.33. The lowest BCUT2D eigenvalue weighted by Gasteiger charge is -2.26. The van der Waals surface area contributed by atoms with Crippen LogP contribution < -0.4 is 21.3 Å². The molecule has 4 unspecified atom stereocenters. The van der Waals surface area contributed by atoms with Crippen molar-refractivity contribution in [3.05, 3.63) is 71.9 Å². The molecule has 0 bridgehead atoms. The number of fused-ring (bicyclic) bond motifs is 1. The molecule has 6 N–H and O–H groups in total. The summed E-state index contributed by atoms with van der Waals surface area (Å²) in [7, 11) is 1.12. The Balaban J connectivity index is 1.72. The number of hydrogen-bond acceptors (Lipinski definition) is 9. The van der Waals surface area contributed by atoms with E-state index in [9.17, 15) is 29.1 Å². The van der Waals surface area contributed by atoms with E-state index in [1.165, 1.54) is 6.92 Å². The fraction of sp³-hybridized carbons (Fsp3) is 0.457. The first kappa shape index (κ1) is 38.3. The Kier molecular flexibility index (Phi) is 14.4. The fourth-order valence-electron chi connectivity index (χ4n) is 4.92. The highest BCUT2D eigenvalue weighted by atomic mass is 16.6. The lowest BCUT2D eigenvalue weighted by Crippen LogP contribution is -2.58. The molecule has 0 fully saturated rings. The van der Waals surface area contributed by atoms with E-state index in [0.29, 0.717) is 12.8 Å². The third-order valence-corrected chi connectivity index (χ3v) is 7.38. The average Bonchev–Trinajstić information content (AvgIpc) is 3.46. The van der Waals surface area contributed by atoms with Crippen LogP contribution >= 0.6 is 0 Å². The van der Waals surface area contributed by atoms with E-state index in [2.05, 4.69) is 26.3 Å². The third kappa shape index (κ3) is 12.8. The van der Waals surface area contributed by atoms with Crippen LogP contribution in [-0.4, -0.2) is 83.5 Å². The number of ether oxygens (including phenoxy) is 3. The molecule has 0 aliphatic heterocycles. The minimum absolute atomic E-state index is 0.0664. The zero-order valence-corrected chi connectivity index (χ0v) is 28.5. The van der Waals surface area contributed by atoms with Crippen LogP contribution in [0.1, 0.15) is 58.1 Å². The minimum Gasteiger partial charge on any atom is -0.467 e. The van der Waals surface area contributed by atoms with Gasteiger partial charge in [-0.2, -0.15) is 0 Å². The summed E-state index contributed by atoms with van der Waals surface area (Å²) in [5.41, 5.74) is 1.60. The standard InChI is InChI=1S/C35H47N5O9/c1-22(41)29(32(44)47-5)40-30(42)27(17-11-12-18-36-33(45)48-21-23-13-7-6-8-14-23)38-31(43)28(39-34(46)49-35(2,3)4)19-24-20-37-26-16-10-9-15-25(24)26/h6-10,13-16,20,22,27-29,37,41H,11-12,17-19,21H2,1-5H3,(H,36,45)(H,38,43)(H,39,46)(H,40,42). The van der Waals surface area contributed by atoms with E-state index < -0.39 is 59.8 Å². The number of aromatic amines is 1. The minimum atomic E-state index is -1.39. The van der Waals surface area contributed by atoms with Crippen molar-refractivity contribution in [2.75, 3.05) is 13.7 Å². The van der Waals surface area contributed by atoms with Crippen molar-refractivity contribution in [1.82, 2.24) is 26.3 Å². The number of methoxy groups -OCH3 is 1. The first-order chi connectivity index (χ1) is 23.3. The van der Waals surface area contributed by atoms with Crippen molar-refractivity contribution < 1.29 is 43.3 Å². The van der Waals surface area contributed by atoms with Gasteiger partial charge in [0.15, 0.2) is 6.04 Å². The SMILES string of the molecule is COC(=O)C(NC(=O)C(CCCCNC(=O)OCc1ccccc1)NC(=O)C(Cc1c[nH]c2ccccc12)NC(=O)OC(C)(C)C)C(C)O. The molecule has 266 valence electrons. The van der Waals surface area contributed by atoms with Gasteiger partial charge in [0.25, 0.3) is 0 Å². The molecule has 0 aliphatic carbocycles. The van der Waals surface area contributed by atoms with Crippen LogP contribution in [0.3, 0.4) is 0 Å². The van der Waals surface area contributed by atoms with E-state index in [-0.39, 0.29) is 26.0 Å². The van der Waals surface area contributed by atoms with Gasteiger partial charge in [0.1, 0.15) is 24.3 Å². The zero-order valence-electron chi connectivity index (χ0n) is 28.5. The number of H-pyrrole nitrogens is 1. The number of para-hydroxylation sites is 1. The zero-order chi connectivity index (χ0) is 36.0. The van der Waals surface area contributed by atoms with Crippen LogP contribution in [0.5, 0.6) is 0 Å². The smallest absolute Gasteiger partial charge is 0.408 e. The van der Waals surface area contributed by atoms with Gasteiger partial charge in [-0.1, -0.05) is 48.5 Å². The number of esters is 1. The molecule has 1 aromatic heterocycles. The van der Waals surface area contributed by atoms with Crippen molar-refractivity contribution >= 4 is 40.9 Å². The number of amides is 4. The molecule has 14 nitrogen and oxygen atoms in total. The van der Waals surface area contributed by atoms with E-state index in [1.54, 1.807) is 27.0 Å². The first-order valence-corrected chi connectivity index (χ1v) is 16.1. The molecule has 0 radical (unpaired) electrons. The normalized spacial score (nSPS) is 13.7. The van der Waals surface area contributed by atoms with Gasteiger partial charge in [-0.3, -0.25) is 9.59 Å². The number of alkyl carbamates (subject to hydrolysis) is 2. The molecule has 1 heterocycles. The van der Waals surface area contributed by atoms with Gasteiger partial charge in [-0.25, -0.2) is 14.4 Å². The van der Waals surface area contributed by atoms with Gasteiger partial charge >= 0.3 is 18.2 Å². The van der Waals surface area contributed by atoms with Gasteiger partial charge in [-0.15, -0.1) is 0 Å². The maximum Gasteiger partial charge on any atom is 0.408 e. The molecular weight excluding hydrogens is 634 g/mol. The van der Waals surface area contributed by atoms with Crippen molar-refractivity contribution in [3.8, 4) is 0 Å². The summed E-state index contributed by atoms with van der Waals surface area (Å²) in [5, 5.41) is 21.4. The highest BCUT2D eigenvalue weighted by Crippen LogP contribution is 2.20. The number of aromatic nitrogens is 1. The average molecular weight is 682 g/mol. The Labute approximate surface area is 285 Å². The van der Waals surface area contributed by atoms with Crippen LogP contribution in [0.15, 0.2) is 60.8 Å². The number of aliphatic hydroxyl groups excluding tert-OH is 1. The largest absolute Gasteiger partial charge is 0.467 e. The molecule has 0 aliphatic rings. The monoisotopic (exact) mass is 681 g/mol. The molecule has 0 saturated carbocycles. The fourth-order valence-corrected chi connectivity index (χ4v) is 4.92. The van der Waals surface area contributed by atoms with Gasteiger partial charge in [0.05, 0.1) is 13.2 Å². The van der Waals surface area contributed by atoms with Crippen LogP contribution in [-0.2, 0) is 41.6 Å². The molecule has 2 aromatic carbocycles. The second-order valence-electron chi connectivity index (χ2n) is 12.6. The first-order valence-electron chi connectivity index (χ1n) is 16.1. The number of carbonyl (C=O) groups is 5. The molecule has 3 aromatic rings. The molecule has 14 heteroatoms. The molecule has 4 atom stereocenters. The predicted octanol–water partition coefficient (Wildman–Crippen LogP) is 3.22. The molecule has 0 saturated heterocycles. The summed E-state index contributed by atoms with van der Waals surface area (Å²) in [6, 6.07) is 13.0. The van der Waals surface area contributed by atoms with Crippen LogP contribution in [0, 0.1) is 0 Å². The maximum atomic E-state index is 13.8. The number of aliphatic hydroxyl groups is 1. The maximum absolute atomic E-state index is 13.8. The van der Waals surface area contributed by atoms with Gasteiger partial charge < -0.3 is 45.6 Å². The third-order valence-electron chi connectivity index (χ3n) is 7.38. The van der Waals surface area contributed by atoms with Crippen molar-refractivity contribution in [3.63, 3.8) is 0 Å². The predicted molar refractivity (Wildman–Crippen MR) is 181 cm³/mol. The van der Waals surface area contributed by atoms with Crippen LogP contribution in [0.2, 0.25) is 0 Å². The lowest BCUT2D eigenvalue weighted by molar-refractivity contribution is -0.148. The molecule has 49 heavy (non-hydrogen) atoms. The number of nitrogens with one attached hydrogen (secondary N) is 5. The van der Waals surface area contributed by atoms with E-state index >= 15 is 0 Å². The highest BCUT2D eigenvalue weighted by molar-refractivity contribution is 5.94. The molecule has 4 amide bonds. The second-order valence-corrected chi connectivity index (χ2v) is 12.6. The quantitative estimate of drug-likeness (QED) is 0.0747. The summed E-state index contributed by atoms with van der Waals surface area (Å²) in [5.74, 6) is -2.29. The summed E-state index contributed by atoms with van der Waals surface area (Å²) < 4.78 is 15.3. The van der Waals surface area contributed by atoms with Gasteiger partial charge in [-0.05, 0) is 64.2 Å². The van der Waals surface area contributed by atoms with Gasteiger partial charge in [0.2, 0.25) is 11.8 Å². The van der Waals surface area contributed by atoms with Crippen LogP contribution in [0.25, 0.3) is 10.9 Å². The lowest BCUT2D eigenvalue weighted by atomic mass is 10.0. The van der Waals surface area contributed by atoms with E-state index in [0.717, 1.165) is 29.1 Å². The Hall–Kier alpha value is -5.11. The van der Waals surface area contributed by atoms with Crippen molar-refractivity contribution in [2.24, 2.45) is 0 Å². The number of carbonyl (C=O) groups excluding carboxylic acids is 5. The summed E-state index contributed by atoms with van der Waals surface area (Å²) in [4.78, 5) is 67.7. The van der Waals surface area contributed by atoms with Crippen LogP contribution in [0.4, 0.5) is 9.59 Å². The summed E-state index contributed by atoms with van der Waals surface area (Å²) in [6.07, 6.45) is -0.0193. The Morgan fingerprint density at radius 1 is 0.857 bits per heavy atom. The molecular formula is C35H47N5O9. The van der Waals surface area contributed by atoms with E-state index in [4.69, 9.17) is 14.2 Å². The summed E-state index contributed by atoms with van der Waals surface area (Å²) >= 11 is 0. The van der Waals surface area contributed by atoms with E-state index in [1.807, 2.05) is 54.6 Å². The van der Waals surface area contributed by atoms with Gasteiger partial charge in [0, 0.05) is 30.1 Å². The van der Waals surface area contributed by atoms with Crippen molar-refractivity contribution in [2.45, 2.75) is 89.8 Å². The number of unbranched alkanes of at least 4 members (excludes halogenated alkanes) is 1. The van der Waals surface area contributed by atoms with Crippen molar-refractivity contribution in [1.29, 1.82) is 0 Å². The number of benzene rings is 2. The topological polar surface area (TPSA) is 197 Å². The molecule has 3 rings (SSSR count). The Morgan fingerprint density at radius 2 is 1.53 bits per heavy atom.